The van der Waals surface area contributed by atoms with Crippen LogP contribution in [-0.2, 0) is 0 Å². The average molecular weight is 306 g/mol. The van der Waals surface area contributed by atoms with Crippen molar-refractivity contribution in [3.63, 3.8) is 0 Å². The zero-order valence-corrected chi connectivity index (χ0v) is 13.3. The predicted molar refractivity (Wildman–Crippen MR) is 85.7 cm³/mol. The van der Waals surface area contributed by atoms with Crippen molar-refractivity contribution < 1.29 is 4.74 Å². The van der Waals surface area contributed by atoms with Crippen LogP contribution in [0.2, 0.25) is 5.02 Å². The highest BCUT2D eigenvalue weighted by Gasteiger charge is 2.47. The van der Waals surface area contributed by atoms with E-state index in [-0.39, 0.29) is 11.6 Å². The van der Waals surface area contributed by atoms with Crippen LogP contribution in [0.15, 0.2) is 18.2 Å². The molecular formula is C18H24ClNO. The zero-order chi connectivity index (χ0) is 14.5. The third-order valence-electron chi connectivity index (χ3n) is 6.18. The number of ether oxygens (including phenoxy) is 1. The van der Waals surface area contributed by atoms with E-state index in [1.807, 2.05) is 18.2 Å². The first kappa shape index (κ1) is 13.9. The standard InChI is InChI=1S/C18H24ClNO/c19-13-3-4-16-14(11-13)15(20)12-18(21-16)9-7-17(8-10-18)5-1-2-6-17/h3-4,11,15H,1-2,5-10,12,20H2/t15-/m1/s1. The van der Waals surface area contributed by atoms with E-state index in [1.165, 1.54) is 51.4 Å². The van der Waals surface area contributed by atoms with E-state index in [9.17, 15) is 0 Å². The van der Waals surface area contributed by atoms with Crippen molar-refractivity contribution >= 4 is 11.6 Å². The van der Waals surface area contributed by atoms with Crippen LogP contribution < -0.4 is 10.5 Å². The van der Waals surface area contributed by atoms with Crippen molar-refractivity contribution in [1.82, 2.24) is 0 Å². The molecule has 0 unspecified atom stereocenters. The van der Waals surface area contributed by atoms with E-state index in [2.05, 4.69) is 0 Å². The summed E-state index contributed by atoms with van der Waals surface area (Å²) in [4.78, 5) is 0. The van der Waals surface area contributed by atoms with Gasteiger partial charge >= 0.3 is 0 Å². The minimum absolute atomic E-state index is 0.0198. The van der Waals surface area contributed by atoms with Gasteiger partial charge in [0.2, 0.25) is 0 Å². The van der Waals surface area contributed by atoms with Gasteiger partial charge in [0.25, 0.3) is 0 Å². The van der Waals surface area contributed by atoms with Gasteiger partial charge in [-0.3, -0.25) is 0 Å². The molecule has 1 aromatic rings. The van der Waals surface area contributed by atoms with E-state index in [0.717, 1.165) is 22.8 Å². The molecule has 3 aliphatic rings. The normalized spacial score (nSPS) is 29.3. The second kappa shape index (κ2) is 4.89. The minimum atomic E-state index is -0.0198. The van der Waals surface area contributed by atoms with Gasteiger partial charge in [-0.05, 0) is 62.1 Å². The molecule has 1 heterocycles. The predicted octanol–water partition coefficient (Wildman–Crippen LogP) is 5.00. The number of hydrogen-bond acceptors (Lipinski definition) is 2. The Kier molecular flexibility index (Phi) is 3.24. The third-order valence-corrected chi connectivity index (χ3v) is 6.41. The molecule has 2 aliphatic carbocycles. The summed E-state index contributed by atoms with van der Waals surface area (Å²) in [7, 11) is 0. The molecule has 1 aromatic carbocycles. The summed E-state index contributed by atoms with van der Waals surface area (Å²) in [5, 5.41) is 0.748. The van der Waals surface area contributed by atoms with Crippen molar-refractivity contribution in [3.05, 3.63) is 28.8 Å². The van der Waals surface area contributed by atoms with Gasteiger partial charge in [-0.1, -0.05) is 24.4 Å². The molecule has 0 aromatic heterocycles. The van der Waals surface area contributed by atoms with Crippen LogP contribution in [0.1, 0.15) is 69.4 Å². The Morgan fingerprint density at radius 1 is 1.05 bits per heavy atom. The zero-order valence-electron chi connectivity index (χ0n) is 12.5. The highest BCUT2D eigenvalue weighted by molar-refractivity contribution is 6.30. The molecule has 2 saturated carbocycles. The summed E-state index contributed by atoms with van der Waals surface area (Å²) in [6.45, 7) is 0. The van der Waals surface area contributed by atoms with Crippen molar-refractivity contribution in [1.29, 1.82) is 0 Å². The maximum Gasteiger partial charge on any atom is 0.125 e. The number of hydrogen-bond donors (Lipinski definition) is 1. The topological polar surface area (TPSA) is 35.2 Å². The highest BCUT2D eigenvalue weighted by Crippen LogP contribution is 2.55. The maximum atomic E-state index is 6.45. The van der Waals surface area contributed by atoms with Gasteiger partial charge in [-0.2, -0.15) is 0 Å². The second-order valence-corrected chi connectivity index (χ2v) is 7.92. The largest absolute Gasteiger partial charge is 0.487 e. The Morgan fingerprint density at radius 3 is 2.48 bits per heavy atom. The van der Waals surface area contributed by atoms with Crippen molar-refractivity contribution in [2.24, 2.45) is 11.1 Å². The van der Waals surface area contributed by atoms with E-state index in [1.54, 1.807) is 0 Å². The van der Waals surface area contributed by atoms with Gasteiger partial charge in [0.15, 0.2) is 0 Å². The Hall–Kier alpha value is -0.730. The average Bonchev–Trinajstić information content (AvgIpc) is 2.93. The molecule has 2 spiro atoms. The Morgan fingerprint density at radius 2 is 1.76 bits per heavy atom. The Balaban J connectivity index is 1.56. The van der Waals surface area contributed by atoms with Gasteiger partial charge in [0.05, 0.1) is 0 Å². The summed E-state index contributed by atoms with van der Waals surface area (Å²) in [5.41, 5.74) is 8.12. The fourth-order valence-electron chi connectivity index (χ4n) is 4.85. The molecule has 21 heavy (non-hydrogen) atoms. The fourth-order valence-corrected chi connectivity index (χ4v) is 5.04. The smallest absolute Gasteiger partial charge is 0.125 e. The number of halogens is 1. The van der Waals surface area contributed by atoms with Gasteiger partial charge in [-0.25, -0.2) is 0 Å². The van der Waals surface area contributed by atoms with Crippen LogP contribution in [0.25, 0.3) is 0 Å². The SMILES string of the molecule is N[C@@H]1CC2(CCC3(CCCC3)CC2)Oc2ccc(Cl)cc21. The van der Waals surface area contributed by atoms with Crippen LogP contribution in [0.5, 0.6) is 5.75 Å². The van der Waals surface area contributed by atoms with E-state index in [4.69, 9.17) is 22.1 Å². The molecule has 2 nitrogen and oxygen atoms in total. The first-order chi connectivity index (χ1) is 10.1. The molecular weight excluding hydrogens is 282 g/mol. The van der Waals surface area contributed by atoms with E-state index >= 15 is 0 Å². The van der Waals surface area contributed by atoms with Crippen molar-refractivity contribution in [2.75, 3.05) is 0 Å². The number of benzene rings is 1. The van der Waals surface area contributed by atoms with Crippen LogP contribution in [-0.4, -0.2) is 5.60 Å². The number of rotatable bonds is 0. The summed E-state index contributed by atoms with van der Waals surface area (Å²) >= 11 is 6.09. The van der Waals surface area contributed by atoms with Crippen molar-refractivity contribution in [2.45, 2.75) is 69.4 Å². The van der Waals surface area contributed by atoms with E-state index < -0.39 is 0 Å². The van der Waals surface area contributed by atoms with Crippen LogP contribution in [0.4, 0.5) is 0 Å². The molecule has 114 valence electrons. The lowest BCUT2D eigenvalue weighted by Gasteiger charge is -2.48. The molecule has 3 heteroatoms. The molecule has 1 aliphatic heterocycles. The molecule has 0 amide bonds. The lowest BCUT2D eigenvalue weighted by atomic mass is 9.65. The molecule has 2 fully saturated rings. The summed E-state index contributed by atoms with van der Waals surface area (Å²) in [5.74, 6) is 0.959. The van der Waals surface area contributed by atoms with Gasteiger partial charge in [0.1, 0.15) is 11.4 Å². The van der Waals surface area contributed by atoms with Crippen molar-refractivity contribution in [3.8, 4) is 5.75 Å². The van der Waals surface area contributed by atoms with Crippen LogP contribution in [0.3, 0.4) is 0 Å². The van der Waals surface area contributed by atoms with Gasteiger partial charge < -0.3 is 10.5 Å². The molecule has 0 saturated heterocycles. The second-order valence-electron chi connectivity index (χ2n) is 7.48. The summed E-state index contributed by atoms with van der Waals surface area (Å²) in [6.07, 6.45) is 11.6. The molecule has 0 bridgehead atoms. The fraction of sp³-hybridized carbons (Fsp3) is 0.667. The van der Waals surface area contributed by atoms with E-state index in [0.29, 0.717) is 5.41 Å². The maximum absolute atomic E-state index is 6.45. The molecule has 0 radical (unpaired) electrons. The van der Waals surface area contributed by atoms with Crippen LogP contribution in [0, 0.1) is 5.41 Å². The quantitative estimate of drug-likeness (QED) is 0.732. The van der Waals surface area contributed by atoms with Gasteiger partial charge in [0, 0.05) is 23.0 Å². The van der Waals surface area contributed by atoms with Crippen LogP contribution >= 0.6 is 11.6 Å². The lowest BCUT2D eigenvalue weighted by molar-refractivity contribution is -0.0327. The number of nitrogens with two attached hydrogens (primary N) is 1. The summed E-state index contributed by atoms with van der Waals surface area (Å²) < 4.78 is 6.45. The Labute approximate surface area is 132 Å². The third kappa shape index (κ3) is 2.37. The number of fused-ring (bicyclic) bond motifs is 1. The molecule has 4 rings (SSSR count). The molecule has 2 N–H and O–H groups in total. The van der Waals surface area contributed by atoms with Gasteiger partial charge in [-0.15, -0.1) is 0 Å². The first-order valence-electron chi connectivity index (χ1n) is 8.34. The monoisotopic (exact) mass is 305 g/mol. The molecule has 1 atom stereocenters. The lowest BCUT2D eigenvalue weighted by Crippen LogP contribution is -2.47. The first-order valence-corrected chi connectivity index (χ1v) is 8.72. The summed E-state index contributed by atoms with van der Waals surface area (Å²) in [6, 6.07) is 5.94. The minimum Gasteiger partial charge on any atom is -0.487 e. The Bertz CT molecular complexity index is 540. The highest BCUT2D eigenvalue weighted by atomic mass is 35.5.